The number of benzene rings is 1. The third-order valence-corrected chi connectivity index (χ3v) is 5.98. The summed E-state index contributed by atoms with van der Waals surface area (Å²) in [6.07, 6.45) is 5.89. The molecule has 0 aromatic heterocycles. The van der Waals surface area contributed by atoms with E-state index in [1.807, 2.05) is 12.1 Å². The maximum Gasteiger partial charge on any atom is 0.191 e. The van der Waals surface area contributed by atoms with Gasteiger partial charge in [0.15, 0.2) is 5.96 Å². The van der Waals surface area contributed by atoms with Gasteiger partial charge in [-0.2, -0.15) is 0 Å². The standard InChI is InChI=1S/C24H40N4O3/c1-3-25-24(26-13-6-16-31-22-11-17-30-18-12-22)27-19-23(28-14-4-5-15-28)20-7-9-21(29-2)10-8-20/h7-10,22-23H,3-6,11-19H2,1-2H3,(H2,25,26,27). The van der Waals surface area contributed by atoms with Gasteiger partial charge in [0, 0.05) is 32.9 Å². The first-order valence-corrected chi connectivity index (χ1v) is 11.9. The molecular formula is C24H40N4O3. The third kappa shape index (κ3) is 7.98. The zero-order chi connectivity index (χ0) is 21.7. The van der Waals surface area contributed by atoms with E-state index < -0.39 is 0 Å². The molecule has 2 fully saturated rings. The number of guanidine groups is 1. The number of likely N-dealkylation sites (tertiary alicyclic amines) is 1. The molecule has 1 aromatic carbocycles. The Hall–Kier alpha value is -1.83. The zero-order valence-electron chi connectivity index (χ0n) is 19.3. The first kappa shape index (κ1) is 23.8. The lowest BCUT2D eigenvalue weighted by atomic mass is 10.1. The van der Waals surface area contributed by atoms with Crippen LogP contribution >= 0.6 is 0 Å². The van der Waals surface area contributed by atoms with Gasteiger partial charge in [-0.15, -0.1) is 0 Å². The maximum absolute atomic E-state index is 5.97. The molecule has 2 heterocycles. The van der Waals surface area contributed by atoms with Gasteiger partial charge in [0.05, 0.1) is 25.8 Å². The van der Waals surface area contributed by atoms with Crippen LogP contribution in [-0.4, -0.2) is 76.6 Å². The van der Waals surface area contributed by atoms with Gasteiger partial charge < -0.3 is 24.8 Å². The van der Waals surface area contributed by atoms with Crippen molar-refractivity contribution in [2.24, 2.45) is 4.99 Å². The summed E-state index contributed by atoms with van der Waals surface area (Å²) in [5.74, 6) is 1.77. The SMILES string of the molecule is CCNC(=NCC(c1ccc(OC)cc1)N1CCCC1)NCCCOC1CCOCC1. The molecule has 0 spiro atoms. The fraction of sp³-hybridized carbons (Fsp3) is 0.708. The minimum absolute atomic E-state index is 0.292. The normalized spacial score (nSPS) is 19.4. The maximum atomic E-state index is 5.97. The van der Waals surface area contributed by atoms with Crippen LogP contribution in [0.1, 0.15) is 50.6 Å². The van der Waals surface area contributed by atoms with E-state index in [4.69, 9.17) is 19.2 Å². The van der Waals surface area contributed by atoms with Gasteiger partial charge in [0.2, 0.25) is 0 Å². The van der Waals surface area contributed by atoms with Crippen LogP contribution in [0.4, 0.5) is 0 Å². The van der Waals surface area contributed by atoms with Gasteiger partial charge in [-0.05, 0) is 69.8 Å². The predicted molar refractivity (Wildman–Crippen MR) is 125 cm³/mol. The van der Waals surface area contributed by atoms with Crippen molar-refractivity contribution < 1.29 is 14.2 Å². The number of aliphatic imine (C=N–C) groups is 1. The fourth-order valence-electron chi connectivity index (χ4n) is 4.20. The smallest absolute Gasteiger partial charge is 0.191 e. The molecule has 0 amide bonds. The molecule has 2 aliphatic rings. The highest BCUT2D eigenvalue weighted by molar-refractivity contribution is 5.79. The second kappa shape index (κ2) is 13.6. The van der Waals surface area contributed by atoms with Crippen LogP contribution in [0.5, 0.6) is 5.75 Å². The van der Waals surface area contributed by atoms with Crippen molar-refractivity contribution in [3.63, 3.8) is 0 Å². The third-order valence-electron chi connectivity index (χ3n) is 5.98. The fourth-order valence-corrected chi connectivity index (χ4v) is 4.20. The molecule has 1 aromatic rings. The summed E-state index contributed by atoms with van der Waals surface area (Å²) < 4.78 is 16.7. The Balaban J connectivity index is 1.51. The molecule has 0 radical (unpaired) electrons. The molecular weight excluding hydrogens is 392 g/mol. The van der Waals surface area contributed by atoms with Gasteiger partial charge in [-0.3, -0.25) is 9.89 Å². The lowest BCUT2D eigenvalue weighted by Gasteiger charge is -2.27. The Labute approximate surface area is 187 Å². The van der Waals surface area contributed by atoms with Gasteiger partial charge in [-0.1, -0.05) is 12.1 Å². The highest BCUT2D eigenvalue weighted by Crippen LogP contribution is 2.27. The molecule has 2 aliphatic heterocycles. The zero-order valence-corrected chi connectivity index (χ0v) is 19.3. The quantitative estimate of drug-likeness (QED) is 0.318. The predicted octanol–water partition coefficient (Wildman–Crippen LogP) is 2.97. The van der Waals surface area contributed by atoms with Crippen molar-refractivity contribution in [2.45, 2.75) is 51.2 Å². The van der Waals surface area contributed by atoms with Crippen LogP contribution in [-0.2, 0) is 9.47 Å². The van der Waals surface area contributed by atoms with Gasteiger partial charge in [0.25, 0.3) is 0 Å². The highest BCUT2D eigenvalue weighted by Gasteiger charge is 2.23. The highest BCUT2D eigenvalue weighted by atomic mass is 16.5. The minimum atomic E-state index is 0.292. The minimum Gasteiger partial charge on any atom is -0.497 e. The van der Waals surface area contributed by atoms with Gasteiger partial charge in [-0.25, -0.2) is 0 Å². The van der Waals surface area contributed by atoms with Crippen molar-refractivity contribution >= 4 is 5.96 Å². The van der Waals surface area contributed by atoms with Crippen molar-refractivity contribution in [1.29, 1.82) is 0 Å². The van der Waals surface area contributed by atoms with E-state index in [0.29, 0.717) is 12.1 Å². The van der Waals surface area contributed by atoms with Crippen LogP contribution in [0.25, 0.3) is 0 Å². The van der Waals surface area contributed by atoms with Gasteiger partial charge >= 0.3 is 0 Å². The summed E-state index contributed by atoms with van der Waals surface area (Å²) in [4.78, 5) is 7.48. The lowest BCUT2D eigenvalue weighted by Crippen LogP contribution is -2.39. The molecule has 3 rings (SSSR count). The Morgan fingerprint density at radius 1 is 1.16 bits per heavy atom. The van der Waals surface area contributed by atoms with Crippen LogP contribution in [0.2, 0.25) is 0 Å². The van der Waals surface area contributed by atoms with Crippen molar-refractivity contribution in [2.75, 3.05) is 59.7 Å². The van der Waals surface area contributed by atoms with Gasteiger partial charge in [0.1, 0.15) is 5.75 Å². The molecule has 0 aliphatic carbocycles. The topological polar surface area (TPSA) is 67.4 Å². The lowest BCUT2D eigenvalue weighted by molar-refractivity contribution is -0.0320. The molecule has 7 heteroatoms. The van der Waals surface area contributed by atoms with E-state index in [1.54, 1.807) is 7.11 Å². The second-order valence-corrected chi connectivity index (χ2v) is 8.21. The number of hydrogen-bond donors (Lipinski definition) is 2. The van der Waals surface area contributed by atoms with E-state index in [2.05, 4.69) is 34.6 Å². The number of rotatable bonds is 11. The Kier molecular flexibility index (Phi) is 10.4. The second-order valence-electron chi connectivity index (χ2n) is 8.21. The number of methoxy groups -OCH3 is 1. The van der Waals surface area contributed by atoms with E-state index in [1.165, 1.54) is 18.4 Å². The number of ether oxygens (including phenoxy) is 3. The summed E-state index contributed by atoms with van der Waals surface area (Å²) in [7, 11) is 1.71. The van der Waals surface area contributed by atoms with Crippen LogP contribution in [0, 0.1) is 0 Å². The first-order chi connectivity index (χ1) is 15.3. The van der Waals surface area contributed by atoms with Crippen molar-refractivity contribution in [3.8, 4) is 5.75 Å². The first-order valence-electron chi connectivity index (χ1n) is 11.9. The van der Waals surface area contributed by atoms with Crippen molar-refractivity contribution in [1.82, 2.24) is 15.5 Å². The van der Waals surface area contributed by atoms with Crippen LogP contribution in [0.3, 0.4) is 0 Å². The van der Waals surface area contributed by atoms with E-state index in [-0.39, 0.29) is 0 Å². The molecule has 2 N–H and O–H groups in total. The Bertz CT molecular complexity index is 641. The number of nitrogens with one attached hydrogen (secondary N) is 2. The van der Waals surface area contributed by atoms with Crippen molar-refractivity contribution in [3.05, 3.63) is 29.8 Å². The molecule has 174 valence electrons. The van der Waals surface area contributed by atoms with E-state index in [9.17, 15) is 0 Å². The summed E-state index contributed by atoms with van der Waals surface area (Å²) in [5, 5.41) is 6.85. The molecule has 7 nitrogen and oxygen atoms in total. The van der Waals surface area contributed by atoms with Crippen LogP contribution < -0.4 is 15.4 Å². The van der Waals surface area contributed by atoms with E-state index in [0.717, 1.165) is 83.5 Å². The number of nitrogens with zero attached hydrogens (tertiary/aromatic N) is 2. The Morgan fingerprint density at radius 2 is 1.90 bits per heavy atom. The molecule has 0 bridgehead atoms. The molecule has 0 saturated carbocycles. The molecule has 1 unspecified atom stereocenters. The largest absolute Gasteiger partial charge is 0.497 e. The van der Waals surface area contributed by atoms with E-state index >= 15 is 0 Å². The Morgan fingerprint density at radius 3 is 2.58 bits per heavy atom. The molecule has 31 heavy (non-hydrogen) atoms. The summed E-state index contributed by atoms with van der Waals surface area (Å²) >= 11 is 0. The summed E-state index contributed by atoms with van der Waals surface area (Å²) in [5.41, 5.74) is 1.30. The molecule has 1 atom stereocenters. The average Bonchev–Trinajstić information content (AvgIpc) is 3.34. The summed E-state index contributed by atoms with van der Waals surface area (Å²) in [6, 6.07) is 8.73. The van der Waals surface area contributed by atoms with Crippen LogP contribution in [0.15, 0.2) is 29.3 Å². The monoisotopic (exact) mass is 432 g/mol. The number of hydrogen-bond acceptors (Lipinski definition) is 5. The molecule has 2 saturated heterocycles. The summed E-state index contributed by atoms with van der Waals surface area (Å²) in [6.45, 7) is 9.25. The average molecular weight is 433 g/mol.